The standard InChI is InChI=1S/C14H24N2O4S/c1-3-5-11-13(17)15-12(10-6-7-10)14(18)16(11)8-4-9-21(2,19)20/h10-12H,3-9H2,1-2H3,(H,15,17). The predicted octanol–water partition coefficient (Wildman–Crippen LogP) is 0.327. The Morgan fingerprint density at radius 2 is 1.95 bits per heavy atom. The number of nitrogens with zero attached hydrogens (tertiary/aromatic N) is 1. The fraction of sp³-hybridized carbons (Fsp3) is 0.857. The molecule has 2 aliphatic rings. The van der Waals surface area contributed by atoms with Crippen LogP contribution in [0.5, 0.6) is 0 Å². The molecule has 0 radical (unpaired) electrons. The molecular formula is C14H24N2O4S. The van der Waals surface area contributed by atoms with Gasteiger partial charge in [0.1, 0.15) is 21.9 Å². The van der Waals surface area contributed by atoms with E-state index in [1.807, 2.05) is 6.92 Å². The summed E-state index contributed by atoms with van der Waals surface area (Å²) in [7, 11) is -3.04. The van der Waals surface area contributed by atoms with Crippen molar-refractivity contribution in [3.05, 3.63) is 0 Å². The van der Waals surface area contributed by atoms with Crippen molar-refractivity contribution in [2.45, 2.75) is 51.1 Å². The molecule has 7 heteroatoms. The summed E-state index contributed by atoms with van der Waals surface area (Å²) >= 11 is 0. The topological polar surface area (TPSA) is 83.6 Å². The zero-order chi connectivity index (χ0) is 15.6. The van der Waals surface area contributed by atoms with Crippen LogP contribution in [0.4, 0.5) is 0 Å². The minimum atomic E-state index is -3.04. The Hall–Kier alpha value is -1.11. The van der Waals surface area contributed by atoms with Crippen molar-refractivity contribution >= 4 is 21.7 Å². The number of rotatable bonds is 7. The van der Waals surface area contributed by atoms with Crippen LogP contribution >= 0.6 is 0 Å². The first-order chi connectivity index (χ1) is 9.83. The minimum Gasteiger partial charge on any atom is -0.342 e. The molecule has 1 heterocycles. The van der Waals surface area contributed by atoms with E-state index >= 15 is 0 Å². The molecular weight excluding hydrogens is 292 g/mol. The van der Waals surface area contributed by atoms with E-state index in [9.17, 15) is 18.0 Å². The van der Waals surface area contributed by atoms with Crippen molar-refractivity contribution in [2.75, 3.05) is 18.6 Å². The van der Waals surface area contributed by atoms with E-state index in [0.29, 0.717) is 19.4 Å². The first-order valence-electron chi connectivity index (χ1n) is 7.62. The highest BCUT2D eigenvalue weighted by molar-refractivity contribution is 7.90. The van der Waals surface area contributed by atoms with Crippen LogP contribution in [-0.2, 0) is 19.4 Å². The highest BCUT2D eigenvalue weighted by Crippen LogP contribution is 2.35. The highest BCUT2D eigenvalue weighted by atomic mass is 32.2. The maximum absolute atomic E-state index is 12.6. The third-order valence-corrected chi connectivity index (χ3v) is 5.13. The number of sulfone groups is 1. The summed E-state index contributed by atoms with van der Waals surface area (Å²) in [5.41, 5.74) is 0. The number of nitrogens with one attached hydrogen (secondary N) is 1. The third-order valence-electron chi connectivity index (χ3n) is 4.10. The van der Waals surface area contributed by atoms with Gasteiger partial charge in [-0.05, 0) is 31.6 Å². The van der Waals surface area contributed by atoms with Gasteiger partial charge in [-0.15, -0.1) is 0 Å². The summed E-state index contributed by atoms with van der Waals surface area (Å²) in [5.74, 6) is 0.184. The van der Waals surface area contributed by atoms with Crippen LogP contribution in [0.1, 0.15) is 39.0 Å². The van der Waals surface area contributed by atoms with E-state index in [-0.39, 0.29) is 23.5 Å². The largest absolute Gasteiger partial charge is 0.342 e. The normalized spacial score (nSPS) is 26.9. The zero-order valence-electron chi connectivity index (χ0n) is 12.7. The average Bonchev–Trinajstić information content (AvgIpc) is 3.19. The molecule has 120 valence electrons. The molecule has 1 saturated carbocycles. The molecule has 2 fully saturated rings. The fourth-order valence-electron chi connectivity index (χ4n) is 2.86. The summed E-state index contributed by atoms with van der Waals surface area (Å²) in [4.78, 5) is 26.4. The molecule has 1 saturated heterocycles. The monoisotopic (exact) mass is 316 g/mol. The van der Waals surface area contributed by atoms with Crippen molar-refractivity contribution in [1.29, 1.82) is 0 Å². The lowest BCUT2D eigenvalue weighted by atomic mass is 10.0. The lowest BCUT2D eigenvalue weighted by Crippen LogP contribution is -2.64. The molecule has 21 heavy (non-hydrogen) atoms. The minimum absolute atomic E-state index is 0.0379. The van der Waals surface area contributed by atoms with Crippen LogP contribution in [0.15, 0.2) is 0 Å². The smallest absolute Gasteiger partial charge is 0.246 e. The van der Waals surface area contributed by atoms with Crippen molar-refractivity contribution in [3.8, 4) is 0 Å². The molecule has 6 nitrogen and oxygen atoms in total. The van der Waals surface area contributed by atoms with Crippen LogP contribution in [0.3, 0.4) is 0 Å². The zero-order valence-corrected chi connectivity index (χ0v) is 13.5. The van der Waals surface area contributed by atoms with Gasteiger partial charge in [-0.1, -0.05) is 13.3 Å². The summed E-state index contributed by atoms with van der Waals surface area (Å²) in [6.45, 7) is 2.31. The molecule has 2 amide bonds. The van der Waals surface area contributed by atoms with Crippen molar-refractivity contribution < 1.29 is 18.0 Å². The van der Waals surface area contributed by atoms with E-state index in [0.717, 1.165) is 19.3 Å². The van der Waals surface area contributed by atoms with E-state index < -0.39 is 21.9 Å². The van der Waals surface area contributed by atoms with Crippen LogP contribution < -0.4 is 5.32 Å². The number of hydrogen-bond donors (Lipinski definition) is 1. The van der Waals surface area contributed by atoms with Crippen molar-refractivity contribution in [2.24, 2.45) is 5.92 Å². The molecule has 2 rings (SSSR count). The molecule has 2 unspecified atom stereocenters. The van der Waals surface area contributed by atoms with Gasteiger partial charge in [0.2, 0.25) is 11.8 Å². The number of hydrogen-bond acceptors (Lipinski definition) is 4. The number of amides is 2. The fourth-order valence-corrected chi connectivity index (χ4v) is 3.51. The number of piperazine rings is 1. The average molecular weight is 316 g/mol. The Bertz CT molecular complexity index is 513. The van der Waals surface area contributed by atoms with Crippen LogP contribution in [0.25, 0.3) is 0 Å². The molecule has 0 bridgehead atoms. The summed E-state index contributed by atoms with van der Waals surface area (Å²) < 4.78 is 22.5. The van der Waals surface area contributed by atoms with Gasteiger partial charge in [-0.3, -0.25) is 9.59 Å². The lowest BCUT2D eigenvalue weighted by molar-refractivity contribution is -0.150. The predicted molar refractivity (Wildman–Crippen MR) is 79.4 cm³/mol. The van der Waals surface area contributed by atoms with Gasteiger partial charge < -0.3 is 10.2 Å². The second-order valence-electron chi connectivity index (χ2n) is 6.14. The molecule has 1 aliphatic carbocycles. The van der Waals surface area contributed by atoms with Gasteiger partial charge in [0.25, 0.3) is 0 Å². The van der Waals surface area contributed by atoms with Crippen LogP contribution in [-0.4, -0.2) is 55.8 Å². The Morgan fingerprint density at radius 1 is 1.29 bits per heavy atom. The quantitative estimate of drug-likeness (QED) is 0.733. The van der Waals surface area contributed by atoms with Gasteiger partial charge in [0.15, 0.2) is 0 Å². The second kappa shape index (κ2) is 6.34. The maximum atomic E-state index is 12.6. The second-order valence-corrected chi connectivity index (χ2v) is 8.40. The van der Waals surface area contributed by atoms with Crippen molar-refractivity contribution in [3.63, 3.8) is 0 Å². The first-order valence-corrected chi connectivity index (χ1v) is 9.68. The van der Waals surface area contributed by atoms with Gasteiger partial charge in [-0.2, -0.15) is 0 Å². The summed E-state index contributed by atoms with van der Waals surface area (Å²) in [5, 5.41) is 2.85. The van der Waals surface area contributed by atoms with Crippen LogP contribution in [0.2, 0.25) is 0 Å². The molecule has 0 aromatic heterocycles. The maximum Gasteiger partial charge on any atom is 0.246 e. The third kappa shape index (κ3) is 4.18. The molecule has 0 aromatic rings. The molecule has 1 aliphatic heterocycles. The van der Waals surface area contributed by atoms with Crippen molar-refractivity contribution in [1.82, 2.24) is 10.2 Å². The number of carbonyl (C=O) groups is 2. The molecule has 0 spiro atoms. The molecule has 1 N–H and O–H groups in total. The molecule has 0 aromatic carbocycles. The van der Waals surface area contributed by atoms with E-state index in [1.54, 1.807) is 4.90 Å². The Morgan fingerprint density at radius 3 is 2.48 bits per heavy atom. The van der Waals surface area contributed by atoms with Gasteiger partial charge in [0.05, 0.1) is 5.75 Å². The van der Waals surface area contributed by atoms with E-state index in [4.69, 9.17) is 0 Å². The highest BCUT2D eigenvalue weighted by Gasteiger charge is 2.46. The van der Waals surface area contributed by atoms with Gasteiger partial charge >= 0.3 is 0 Å². The van der Waals surface area contributed by atoms with E-state index in [1.165, 1.54) is 6.26 Å². The Kier molecular flexibility index (Phi) is 4.91. The Labute approximate surface area is 126 Å². The number of carbonyl (C=O) groups excluding carboxylic acids is 2. The SMILES string of the molecule is CCCC1C(=O)NC(C2CC2)C(=O)N1CCCS(C)(=O)=O. The summed E-state index contributed by atoms with van der Waals surface area (Å²) in [6, 6.07) is -0.846. The first kappa shape index (κ1) is 16.3. The van der Waals surface area contributed by atoms with E-state index in [2.05, 4.69) is 5.32 Å². The van der Waals surface area contributed by atoms with Gasteiger partial charge in [-0.25, -0.2) is 8.42 Å². The van der Waals surface area contributed by atoms with Gasteiger partial charge in [0, 0.05) is 12.8 Å². The summed E-state index contributed by atoms with van der Waals surface area (Å²) in [6.07, 6.45) is 4.96. The van der Waals surface area contributed by atoms with Crippen LogP contribution in [0, 0.1) is 5.92 Å². The Balaban J connectivity index is 2.06. The molecule has 2 atom stereocenters. The lowest BCUT2D eigenvalue weighted by Gasteiger charge is -2.39.